The largest absolute Gasteiger partial charge is 0.321 e. The van der Waals surface area contributed by atoms with Crippen LogP contribution >= 0.6 is 11.6 Å². The number of hydrogen-bond acceptors (Lipinski definition) is 4. The van der Waals surface area contributed by atoms with Gasteiger partial charge in [-0.3, -0.25) is 4.79 Å². The Morgan fingerprint density at radius 3 is 2.83 bits per heavy atom. The van der Waals surface area contributed by atoms with Gasteiger partial charge in [0.2, 0.25) is 0 Å². The molecule has 1 aromatic carbocycles. The minimum Gasteiger partial charge on any atom is -0.321 e. The maximum atomic E-state index is 12.4. The summed E-state index contributed by atoms with van der Waals surface area (Å²) < 4.78 is 0. The molecule has 0 radical (unpaired) electrons. The molecule has 0 spiro atoms. The fraction of sp³-hybridized carbons (Fsp3) is 0.353. The zero-order valence-corrected chi connectivity index (χ0v) is 14.3. The first kappa shape index (κ1) is 17.4. The minimum absolute atomic E-state index is 0.127. The number of carbonyl (C=O) groups is 1. The molecule has 2 rings (SSSR count). The van der Waals surface area contributed by atoms with E-state index in [1.807, 2.05) is 38.1 Å². The fourth-order valence-electron chi connectivity index (χ4n) is 2.04. The number of hydrogen-bond donors (Lipinski definition) is 2. The lowest BCUT2D eigenvalue weighted by Gasteiger charge is -2.10. The van der Waals surface area contributed by atoms with E-state index in [4.69, 9.17) is 11.6 Å². The molecule has 0 aliphatic carbocycles. The highest BCUT2D eigenvalue weighted by Gasteiger charge is 2.15. The first-order valence-corrected chi connectivity index (χ1v) is 8.02. The number of halogens is 1. The summed E-state index contributed by atoms with van der Waals surface area (Å²) in [5.74, 6) is 0.391. The van der Waals surface area contributed by atoms with Crippen molar-refractivity contribution in [1.82, 2.24) is 15.3 Å². The second kappa shape index (κ2) is 8.04. The highest BCUT2D eigenvalue weighted by atomic mass is 35.5. The van der Waals surface area contributed by atoms with Crippen LogP contribution in [0.2, 0.25) is 5.02 Å². The second-order valence-electron chi connectivity index (χ2n) is 5.51. The summed E-state index contributed by atoms with van der Waals surface area (Å²) in [6.45, 7) is 7.64. The zero-order valence-electron chi connectivity index (χ0n) is 13.6. The molecule has 0 aliphatic rings. The molecule has 0 saturated carbocycles. The van der Waals surface area contributed by atoms with Crippen LogP contribution in [0, 0.1) is 0 Å². The summed E-state index contributed by atoms with van der Waals surface area (Å²) in [6, 6.07) is 7.68. The third-order valence-corrected chi connectivity index (χ3v) is 3.53. The van der Waals surface area contributed by atoms with E-state index in [-0.39, 0.29) is 22.5 Å². The summed E-state index contributed by atoms with van der Waals surface area (Å²) in [4.78, 5) is 20.9. The number of carbonyl (C=O) groups excluding carboxylic acids is 1. The minimum atomic E-state index is -0.333. The van der Waals surface area contributed by atoms with Crippen LogP contribution in [0.4, 0.5) is 5.69 Å². The van der Waals surface area contributed by atoms with Crippen LogP contribution in [0.3, 0.4) is 0 Å². The lowest BCUT2D eigenvalue weighted by Crippen LogP contribution is -2.17. The summed E-state index contributed by atoms with van der Waals surface area (Å²) in [6.07, 6.45) is 1.47. The van der Waals surface area contributed by atoms with Crippen molar-refractivity contribution in [3.63, 3.8) is 0 Å². The van der Waals surface area contributed by atoms with Crippen LogP contribution in [-0.2, 0) is 6.54 Å². The number of aromatic nitrogens is 2. The van der Waals surface area contributed by atoms with Gasteiger partial charge >= 0.3 is 0 Å². The van der Waals surface area contributed by atoms with E-state index in [2.05, 4.69) is 27.5 Å². The molecule has 23 heavy (non-hydrogen) atoms. The van der Waals surface area contributed by atoms with E-state index in [1.165, 1.54) is 6.20 Å². The normalized spacial score (nSPS) is 10.8. The third-order valence-electron chi connectivity index (χ3n) is 3.26. The Bertz CT molecular complexity index is 688. The maximum absolute atomic E-state index is 12.4. The first-order chi connectivity index (χ1) is 11.0. The summed E-state index contributed by atoms with van der Waals surface area (Å²) in [5, 5.41) is 6.34. The zero-order chi connectivity index (χ0) is 16.8. The van der Waals surface area contributed by atoms with Gasteiger partial charge in [-0.05, 0) is 24.2 Å². The Morgan fingerprint density at radius 2 is 2.13 bits per heavy atom. The van der Waals surface area contributed by atoms with E-state index in [0.29, 0.717) is 11.5 Å². The first-order valence-electron chi connectivity index (χ1n) is 7.64. The maximum Gasteiger partial charge on any atom is 0.275 e. The number of anilines is 1. The van der Waals surface area contributed by atoms with Gasteiger partial charge in [-0.1, -0.05) is 44.5 Å². The smallest absolute Gasteiger partial charge is 0.275 e. The molecule has 0 atom stereocenters. The van der Waals surface area contributed by atoms with Crippen LogP contribution in [0.1, 0.15) is 48.6 Å². The number of nitrogens with one attached hydrogen (secondary N) is 2. The van der Waals surface area contributed by atoms with Gasteiger partial charge in [-0.25, -0.2) is 9.97 Å². The van der Waals surface area contributed by atoms with E-state index in [1.54, 1.807) is 0 Å². The van der Waals surface area contributed by atoms with Crippen LogP contribution < -0.4 is 10.6 Å². The van der Waals surface area contributed by atoms with Gasteiger partial charge in [-0.2, -0.15) is 0 Å². The van der Waals surface area contributed by atoms with Crippen molar-refractivity contribution in [3.05, 3.63) is 52.6 Å². The topological polar surface area (TPSA) is 66.9 Å². The SMILES string of the molecule is CCNCc1cccc(NC(=O)c2nc(C(C)C)ncc2Cl)c1. The van der Waals surface area contributed by atoms with Crippen molar-refractivity contribution in [3.8, 4) is 0 Å². The molecule has 2 aromatic rings. The highest BCUT2D eigenvalue weighted by Crippen LogP contribution is 2.18. The van der Waals surface area contributed by atoms with Gasteiger partial charge in [0.15, 0.2) is 5.69 Å². The van der Waals surface area contributed by atoms with Crippen molar-refractivity contribution in [2.75, 3.05) is 11.9 Å². The molecule has 1 aromatic heterocycles. The van der Waals surface area contributed by atoms with Gasteiger partial charge in [0.25, 0.3) is 5.91 Å². The third kappa shape index (κ3) is 4.74. The molecule has 0 aliphatic heterocycles. The summed E-state index contributed by atoms with van der Waals surface area (Å²) >= 11 is 6.07. The molecule has 2 N–H and O–H groups in total. The molecule has 6 heteroatoms. The average Bonchev–Trinajstić information content (AvgIpc) is 2.53. The van der Waals surface area contributed by atoms with Crippen molar-refractivity contribution < 1.29 is 4.79 Å². The van der Waals surface area contributed by atoms with Gasteiger partial charge in [0.05, 0.1) is 11.2 Å². The van der Waals surface area contributed by atoms with E-state index in [0.717, 1.165) is 18.7 Å². The second-order valence-corrected chi connectivity index (χ2v) is 5.92. The molecule has 1 heterocycles. The molecule has 1 amide bonds. The Labute approximate surface area is 141 Å². The van der Waals surface area contributed by atoms with Crippen LogP contribution in [-0.4, -0.2) is 22.4 Å². The van der Waals surface area contributed by atoms with E-state index < -0.39 is 0 Å². The molecule has 122 valence electrons. The monoisotopic (exact) mass is 332 g/mol. The number of rotatable bonds is 6. The van der Waals surface area contributed by atoms with Gasteiger partial charge < -0.3 is 10.6 Å². The number of amides is 1. The lowest BCUT2D eigenvalue weighted by molar-refractivity contribution is 0.102. The molecule has 5 nitrogen and oxygen atoms in total. The van der Waals surface area contributed by atoms with E-state index in [9.17, 15) is 4.79 Å². The molecule has 0 fully saturated rings. The van der Waals surface area contributed by atoms with Gasteiger partial charge in [-0.15, -0.1) is 0 Å². The van der Waals surface area contributed by atoms with Crippen molar-refractivity contribution in [1.29, 1.82) is 0 Å². The quantitative estimate of drug-likeness (QED) is 0.848. The Hall–Kier alpha value is -1.98. The number of nitrogens with zero attached hydrogens (tertiary/aromatic N) is 2. The van der Waals surface area contributed by atoms with Crippen molar-refractivity contribution >= 4 is 23.2 Å². The molecular weight excluding hydrogens is 312 g/mol. The Morgan fingerprint density at radius 1 is 1.35 bits per heavy atom. The van der Waals surface area contributed by atoms with Crippen molar-refractivity contribution in [2.45, 2.75) is 33.2 Å². The van der Waals surface area contributed by atoms with Crippen molar-refractivity contribution in [2.24, 2.45) is 0 Å². The van der Waals surface area contributed by atoms with Crippen LogP contribution in [0.25, 0.3) is 0 Å². The predicted molar refractivity (Wildman–Crippen MR) is 92.9 cm³/mol. The summed E-state index contributed by atoms with van der Waals surface area (Å²) in [5.41, 5.74) is 2.01. The Kier molecular flexibility index (Phi) is 6.07. The lowest BCUT2D eigenvalue weighted by atomic mass is 10.2. The standard InChI is InChI=1S/C17H21ClN4O/c1-4-19-9-12-6-5-7-13(8-12)21-17(23)15-14(18)10-20-16(22-15)11(2)3/h5-8,10-11,19H,4,9H2,1-3H3,(H,21,23). The summed E-state index contributed by atoms with van der Waals surface area (Å²) in [7, 11) is 0. The molecule has 0 saturated heterocycles. The van der Waals surface area contributed by atoms with Gasteiger partial charge in [0, 0.05) is 18.2 Å². The molecule has 0 unspecified atom stereocenters. The van der Waals surface area contributed by atoms with Crippen LogP contribution in [0.15, 0.2) is 30.5 Å². The average molecular weight is 333 g/mol. The number of benzene rings is 1. The highest BCUT2D eigenvalue weighted by molar-refractivity contribution is 6.33. The van der Waals surface area contributed by atoms with Gasteiger partial charge in [0.1, 0.15) is 5.82 Å². The Balaban J connectivity index is 2.17. The fourth-order valence-corrected chi connectivity index (χ4v) is 2.21. The molecule has 0 bridgehead atoms. The van der Waals surface area contributed by atoms with Crippen LogP contribution in [0.5, 0.6) is 0 Å². The molecular formula is C17H21ClN4O. The van der Waals surface area contributed by atoms with E-state index >= 15 is 0 Å². The predicted octanol–water partition coefficient (Wildman–Crippen LogP) is 3.62.